The molecule has 0 amide bonds. The van der Waals surface area contributed by atoms with Crippen LogP contribution in [-0.4, -0.2) is 28.7 Å². The molecule has 0 radical (unpaired) electrons. The van der Waals surface area contributed by atoms with Crippen molar-refractivity contribution in [3.63, 3.8) is 0 Å². The van der Waals surface area contributed by atoms with Crippen LogP contribution in [0.5, 0.6) is 0 Å². The van der Waals surface area contributed by atoms with Crippen molar-refractivity contribution in [1.82, 2.24) is 28.7 Å². The molecule has 386 valence electrons. The van der Waals surface area contributed by atoms with E-state index in [-0.39, 0.29) is 0 Å². The summed E-state index contributed by atoms with van der Waals surface area (Å²) in [5.74, 6) is 1.45. The van der Waals surface area contributed by atoms with E-state index in [4.69, 9.17) is 15.0 Å². The number of benzene rings is 12. The van der Waals surface area contributed by atoms with Gasteiger partial charge in [0.15, 0.2) is 17.5 Å². The fraction of sp³-hybridized carbons (Fsp3) is 0. The smallest absolute Gasteiger partial charge is 0.166 e. The number of para-hydroxylation sites is 3. The van der Waals surface area contributed by atoms with E-state index >= 15 is 0 Å². The molecule has 0 saturated heterocycles. The van der Waals surface area contributed by atoms with Gasteiger partial charge in [0.2, 0.25) is 0 Å². The van der Waals surface area contributed by atoms with Crippen molar-refractivity contribution in [3.05, 3.63) is 291 Å². The Hall–Kier alpha value is -11.5. The highest BCUT2D eigenvalue weighted by atomic mass is 15.1. The molecule has 0 aliphatic heterocycles. The van der Waals surface area contributed by atoms with E-state index in [1.165, 1.54) is 0 Å². The number of aromatic nitrogens is 6. The third-order valence-corrected chi connectivity index (χ3v) is 16.3. The third kappa shape index (κ3) is 7.77. The van der Waals surface area contributed by atoms with E-state index in [9.17, 15) is 5.26 Å². The summed E-state index contributed by atoms with van der Waals surface area (Å²) in [6, 6.07) is 103. The van der Waals surface area contributed by atoms with E-state index in [0.29, 0.717) is 34.3 Å². The van der Waals surface area contributed by atoms with Crippen LogP contribution < -0.4 is 0 Å². The largest absolute Gasteiger partial charge is 0.306 e. The Morgan fingerprint density at radius 3 is 0.916 bits per heavy atom. The van der Waals surface area contributed by atoms with Gasteiger partial charge in [-0.1, -0.05) is 224 Å². The number of rotatable bonds is 9. The summed E-state index contributed by atoms with van der Waals surface area (Å²) in [5, 5.41) is 18.7. The summed E-state index contributed by atoms with van der Waals surface area (Å²) in [4.78, 5) is 16.3. The minimum Gasteiger partial charge on any atom is -0.306 e. The van der Waals surface area contributed by atoms with Gasteiger partial charge in [-0.2, -0.15) is 5.26 Å². The lowest BCUT2D eigenvalue weighted by molar-refractivity contribution is 1.03. The molecule has 16 aromatic rings. The molecule has 0 aliphatic carbocycles. The zero-order chi connectivity index (χ0) is 55.0. The lowest BCUT2D eigenvalue weighted by atomic mass is 10.00. The SMILES string of the molecule is N#Cc1cc(-c2nc(-c3ccccc3)nc(-c3ccccc3)n2)c(-n2c3ccccc3c3cc(-c4ccccc4)ccc32)c(-n2c3ccccc3c3cc(-c4ccccc4)ccc32)c1-n1c2ccccc2c2cc(-c3ccccc3)ccc21. The molecule has 0 unspecified atom stereocenters. The quantitative estimate of drug-likeness (QED) is 0.144. The fourth-order valence-corrected chi connectivity index (χ4v) is 12.6. The van der Waals surface area contributed by atoms with Crippen molar-refractivity contribution in [2.24, 2.45) is 0 Å². The second-order valence-electron chi connectivity index (χ2n) is 21.0. The van der Waals surface area contributed by atoms with Gasteiger partial charge in [-0.25, -0.2) is 15.0 Å². The summed E-state index contributed by atoms with van der Waals surface area (Å²) in [6.45, 7) is 0. The highest BCUT2D eigenvalue weighted by Crippen LogP contribution is 2.48. The standard InChI is InChI=1S/C76H47N7/c77-48-57-47-64(76-79-74(52-28-12-4-13-29-52)78-75(80-76)53-30-14-5-15-31-53)72(82-66-36-20-17-33-59(66)62-45-55(39-42-69(62)82)50-24-8-2-9-25-50)73(83-67-37-21-18-34-60(67)63-46-56(40-43-70(63)83)51-26-10-3-11-27-51)71(57)81-65-35-19-16-32-58(65)61-44-54(38-41-68(61)81)49-22-6-1-7-23-49/h1-47H. The van der Waals surface area contributed by atoms with Crippen LogP contribution in [-0.2, 0) is 0 Å². The van der Waals surface area contributed by atoms with Gasteiger partial charge in [-0.3, -0.25) is 0 Å². The van der Waals surface area contributed by atoms with Crippen LogP contribution in [0, 0.1) is 11.3 Å². The maximum atomic E-state index is 12.3. The molecule has 83 heavy (non-hydrogen) atoms. The van der Waals surface area contributed by atoms with Crippen LogP contribution in [0.4, 0.5) is 0 Å². The number of nitriles is 1. The molecule has 7 nitrogen and oxygen atoms in total. The van der Waals surface area contributed by atoms with E-state index < -0.39 is 0 Å². The Morgan fingerprint density at radius 2 is 0.542 bits per heavy atom. The minimum absolute atomic E-state index is 0.422. The molecule has 4 aromatic heterocycles. The molecule has 0 fully saturated rings. The zero-order valence-corrected chi connectivity index (χ0v) is 44.8. The Morgan fingerprint density at radius 1 is 0.241 bits per heavy atom. The Labute approximate surface area is 478 Å². The first-order valence-electron chi connectivity index (χ1n) is 27.9. The Bertz CT molecular complexity index is 5190. The molecule has 0 N–H and O–H groups in total. The predicted molar refractivity (Wildman–Crippen MR) is 340 cm³/mol. The maximum absolute atomic E-state index is 12.3. The molecule has 7 heteroatoms. The molecule has 0 spiro atoms. The van der Waals surface area contributed by atoms with Crippen LogP contribution in [0.3, 0.4) is 0 Å². The van der Waals surface area contributed by atoms with Crippen molar-refractivity contribution in [3.8, 4) is 90.7 Å². The van der Waals surface area contributed by atoms with Gasteiger partial charge in [0.1, 0.15) is 6.07 Å². The van der Waals surface area contributed by atoms with Crippen LogP contribution in [0.25, 0.3) is 150 Å². The van der Waals surface area contributed by atoms with Gasteiger partial charge in [-0.15, -0.1) is 0 Å². The molecular formula is C76H47N7. The summed E-state index contributed by atoms with van der Waals surface area (Å²) in [5.41, 5.74) is 17.6. The monoisotopic (exact) mass is 1060 g/mol. The first-order valence-corrected chi connectivity index (χ1v) is 27.9. The second-order valence-corrected chi connectivity index (χ2v) is 21.0. The average Bonchev–Trinajstić information content (AvgIpc) is 2.06. The summed E-state index contributed by atoms with van der Waals surface area (Å²) in [6.07, 6.45) is 0. The van der Waals surface area contributed by atoms with Gasteiger partial charge in [0.05, 0.1) is 55.7 Å². The summed E-state index contributed by atoms with van der Waals surface area (Å²) >= 11 is 0. The van der Waals surface area contributed by atoms with Crippen molar-refractivity contribution >= 4 is 65.4 Å². The highest BCUT2D eigenvalue weighted by Gasteiger charge is 2.32. The van der Waals surface area contributed by atoms with Crippen molar-refractivity contribution in [1.29, 1.82) is 5.26 Å². The molecule has 0 bridgehead atoms. The van der Waals surface area contributed by atoms with E-state index in [2.05, 4.69) is 238 Å². The van der Waals surface area contributed by atoms with Crippen molar-refractivity contribution in [2.75, 3.05) is 0 Å². The molecule has 0 saturated carbocycles. The zero-order valence-electron chi connectivity index (χ0n) is 44.8. The lowest BCUT2D eigenvalue weighted by Crippen LogP contribution is -2.14. The van der Waals surface area contributed by atoms with E-state index in [1.807, 2.05) is 66.7 Å². The molecule has 0 atom stereocenters. The van der Waals surface area contributed by atoms with Crippen LogP contribution in [0.1, 0.15) is 5.56 Å². The van der Waals surface area contributed by atoms with Gasteiger partial charge in [-0.05, 0) is 94.0 Å². The van der Waals surface area contributed by atoms with E-state index in [0.717, 1.165) is 121 Å². The van der Waals surface area contributed by atoms with Crippen LogP contribution in [0.2, 0.25) is 0 Å². The third-order valence-electron chi connectivity index (χ3n) is 16.3. The lowest BCUT2D eigenvalue weighted by Gasteiger charge is -2.25. The second kappa shape index (κ2) is 19.4. The Balaban J connectivity index is 1.14. The minimum atomic E-state index is 0.422. The number of hydrogen-bond acceptors (Lipinski definition) is 4. The van der Waals surface area contributed by atoms with Gasteiger partial charge in [0.25, 0.3) is 0 Å². The van der Waals surface area contributed by atoms with Crippen LogP contribution in [0.15, 0.2) is 285 Å². The topological polar surface area (TPSA) is 77.2 Å². The molecular weight excluding hydrogens is 1010 g/mol. The normalized spacial score (nSPS) is 11.6. The first kappa shape index (κ1) is 47.5. The molecule has 16 rings (SSSR count). The number of fused-ring (bicyclic) bond motifs is 9. The van der Waals surface area contributed by atoms with Gasteiger partial charge >= 0.3 is 0 Å². The number of nitrogens with zero attached hydrogens (tertiary/aromatic N) is 7. The summed E-state index contributed by atoms with van der Waals surface area (Å²) in [7, 11) is 0. The highest BCUT2D eigenvalue weighted by molar-refractivity contribution is 6.16. The molecule has 0 aliphatic rings. The molecule has 12 aromatic carbocycles. The van der Waals surface area contributed by atoms with Crippen molar-refractivity contribution in [2.45, 2.75) is 0 Å². The predicted octanol–water partition coefficient (Wildman–Crippen LogP) is 19.0. The fourth-order valence-electron chi connectivity index (χ4n) is 12.6. The first-order chi connectivity index (χ1) is 41.1. The maximum Gasteiger partial charge on any atom is 0.166 e. The van der Waals surface area contributed by atoms with Gasteiger partial charge < -0.3 is 13.7 Å². The van der Waals surface area contributed by atoms with Crippen molar-refractivity contribution < 1.29 is 0 Å². The van der Waals surface area contributed by atoms with Gasteiger partial charge in [0, 0.05) is 49.0 Å². The Kier molecular flexibility index (Phi) is 11.1. The summed E-state index contributed by atoms with van der Waals surface area (Å²) < 4.78 is 7.14. The van der Waals surface area contributed by atoms with Crippen LogP contribution >= 0.6 is 0 Å². The number of hydrogen-bond donors (Lipinski definition) is 0. The average molecular weight is 1060 g/mol. The molecule has 4 heterocycles. The van der Waals surface area contributed by atoms with E-state index in [1.54, 1.807) is 0 Å².